The van der Waals surface area contributed by atoms with Crippen molar-refractivity contribution in [3.63, 3.8) is 0 Å². The van der Waals surface area contributed by atoms with Crippen molar-refractivity contribution in [2.45, 2.75) is 172 Å². The number of aliphatic carboxylic acids is 1. The van der Waals surface area contributed by atoms with E-state index < -0.39 is 59.6 Å². The summed E-state index contributed by atoms with van der Waals surface area (Å²) in [6.07, 6.45) is 2.99. The Labute approximate surface area is 309 Å². The van der Waals surface area contributed by atoms with E-state index in [4.69, 9.17) is 28.4 Å². The molecule has 0 aromatic carbocycles. The molecule has 12 heteroatoms. The number of rotatable bonds is 10. The van der Waals surface area contributed by atoms with Crippen molar-refractivity contribution in [1.29, 1.82) is 0 Å². The molecule has 5 heterocycles. The second-order valence-electron chi connectivity index (χ2n) is 16.3. The van der Waals surface area contributed by atoms with Crippen LogP contribution in [0, 0.1) is 35.5 Å². The second kappa shape index (κ2) is 15.2. The van der Waals surface area contributed by atoms with E-state index in [2.05, 4.69) is 27.7 Å². The van der Waals surface area contributed by atoms with Crippen LogP contribution in [0.5, 0.6) is 0 Å². The summed E-state index contributed by atoms with van der Waals surface area (Å²) < 4.78 is 39.4. The molecular weight excluding hydrogens is 631 g/mol. The zero-order valence-electron chi connectivity index (χ0n) is 30.0. The number of aliphatic hydroxyl groups excluding tert-OH is 2. The van der Waals surface area contributed by atoms with Gasteiger partial charge in [0, 0.05) is 37.7 Å². The molecule has 274 valence electrons. The third kappa shape index (κ3) is 7.33. The standard InChI is InChI=1S/C36H62O11.Na.H/c1-10-34(31-20(3)16-26(43-31)28-19(2)15-21(4)36(41,18-37)46-28)12-11-27(44-34)33(8)13-14-35(47-33)17-25(38)22(5)30(45-35)23(6)29(42-9)24(7)32(39)40;;/h19-31,37-38,41H,10-18H2,1-9H3,(H,39,40);;/t19-,20-,21+,22+,23-,24-,25-,26+,27+,28-,29+,30-,31+,33-,34-,35+,36-;;/m0../s1. The van der Waals surface area contributed by atoms with Crippen LogP contribution in [0.4, 0.5) is 0 Å². The fourth-order valence-electron chi connectivity index (χ4n) is 9.91. The van der Waals surface area contributed by atoms with Crippen LogP contribution in [-0.4, -0.2) is 135 Å². The van der Waals surface area contributed by atoms with Crippen molar-refractivity contribution in [1.82, 2.24) is 0 Å². The Hall–Kier alpha value is 0.110. The van der Waals surface area contributed by atoms with E-state index in [9.17, 15) is 25.2 Å². The third-order valence-corrected chi connectivity index (χ3v) is 13.0. The van der Waals surface area contributed by atoms with Crippen molar-refractivity contribution >= 4 is 35.5 Å². The Morgan fingerprint density at radius 1 is 1.02 bits per heavy atom. The summed E-state index contributed by atoms with van der Waals surface area (Å²) in [5, 5.41) is 41.8. The van der Waals surface area contributed by atoms with E-state index in [1.807, 2.05) is 20.8 Å². The summed E-state index contributed by atoms with van der Waals surface area (Å²) in [6, 6.07) is 0. The van der Waals surface area contributed by atoms with Gasteiger partial charge in [-0.05, 0) is 64.2 Å². The van der Waals surface area contributed by atoms with Gasteiger partial charge in [0.2, 0.25) is 0 Å². The molecule has 0 radical (unpaired) electrons. The molecule has 1 spiro atoms. The SMILES string of the molecule is CC[C@@]1([C@@H]2O[C@@H]([C@H]3O[C@@](O)(CO)[C@H](C)C[C@@H]3C)C[C@@H]2C)CC[C@H]([C@]2(C)CC[C@]3(C[C@H](O)[C@@H](C)[C@@H]([C@@H](C)[C@@H](OC)[C@H](C)C(=O)O)O3)O2)O1.[NaH]. The molecule has 5 fully saturated rings. The fourth-order valence-corrected chi connectivity index (χ4v) is 9.91. The number of carboxylic acid groups (broad SMARTS) is 1. The molecular formula is C36H63NaO11. The predicted molar refractivity (Wildman–Crippen MR) is 179 cm³/mol. The summed E-state index contributed by atoms with van der Waals surface area (Å²) in [7, 11) is 1.52. The van der Waals surface area contributed by atoms with Crippen LogP contribution >= 0.6 is 0 Å². The molecule has 11 nitrogen and oxygen atoms in total. The van der Waals surface area contributed by atoms with E-state index in [1.165, 1.54) is 7.11 Å². The minimum absolute atomic E-state index is 0. The number of ether oxygens (including phenoxy) is 6. The van der Waals surface area contributed by atoms with Gasteiger partial charge in [-0.1, -0.05) is 41.5 Å². The normalized spacial score (nSPS) is 49.8. The quantitative estimate of drug-likeness (QED) is 0.248. The first-order valence-electron chi connectivity index (χ1n) is 18.1. The summed E-state index contributed by atoms with van der Waals surface area (Å²) in [6.45, 7) is 15.6. The molecule has 48 heavy (non-hydrogen) atoms. The van der Waals surface area contributed by atoms with Crippen molar-refractivity contribution in [2.75, 3.05) is 13.7 Å². The van der Waals surface area contributed by atoms with Crippen molar-refractivity contribution in [2.24, 2.45) is 35.5 Å². The first kappa shape index (κ1) is 40.9. The summed E-state index contributed by atoms with van der Waals surface area (Å²) >= 11 is 0. The van der Waals surface area contributed by atoms with Crippen LogP contribution in [0.15, 0.2) is 0 Å². The Kier molecular flexibility index (Phi) is 13.0. The molecule has 4 N–H and O–H groups in total. The molecule has 5 rings (SSSR count). The minimum atomic E-state index is -1.56. The molecule has 0 aromatic heterocycles. The Balaban J connectivity index is 0.00000520. The number of carbonyl (C=O) groups is 1. The zero-order chi connectivity index (χ0) is 34.7. The van der Waals surface area contributed by atoms with E-state index in [-0.39, 0.29) is 83.6 Å². The van der Waals surface area contributed by atoms with Crippen molar-refractivity contribution < 1.29 is 53.6 Å². The monoisotopic (exact) mass is 694 g/mol. The van der Waals surface area contributed by atoms with Crippen LogP contribution in [0.25, 0.3) is 0 Å². The van der Waals surface area contributed by atoms with Gasteiger partial charge in [-0.2, -0.15) is 0 Å². The molecule has 0 aromatic rings. The number of carboxylic acids is 1. The Bertz CT molecular complexity index is 1110. The molecule has 5 aliphatic rings. The maximum absolute atomic E-state index is 11.8. The van der Waals surface area contributed by atoms with E-state index in [1.54, 1.807) is 6.92 Å². The average Bonchev–Trinajstić information content (AvgIpc) is 3.73. The summed E-state index contributed by atoms with van der Waals surface area (Å²) in [5.41, 5.74) is -1.15. The topological polar surface area (TPSA) is 153 Å². The first-order valence-corrected chi connectivity index (χ1v) is 18.1. The molecule has 0 aliphatic carbocycles. The van der Waals surface area contributed by atoms with Gasteiger partial charge in [0.1, 0.15) is 0 Å². The maximum atomic E-state index is 11.8. The van der Waals surface area contributed by atoms with E-state index >= 15 is 0 Å². The molecule has 0 amide bonds. The Morgan fingerprint density at radius 2 is 1.71 bits per heavy atom. The second-order valence-corrected chi connectivity index (χ2v) is 16.3. The fraction of sp³-hybridized carbons (Fsp3) is 0.972. The van der Waals surface area contributed by atoms with Crippen LogP contribution in [-0.2, 0) is 33.2 Å². The molecule has 5 saturated heterocycles. The zero-order valence-corrected chi connectivity index (χ0v) is 30.0. The molecule has 17 atom stereocenters. The van der Waals surface area contributed by atoms with Gasteiger partial charge < -0.3 is 48.8 Å². The Morgan fingerprint density at radius 3 is 2.31 bits per heavy atom. The van der Waals surface area contributed by atoms with Crippen LogP contribution < -0.4 is 0 Å². The van der Waals surface area contributed by atoms with Gasteiger partial charge in [-0.15, -0.1) is 0 Å². The third-order valence-electron chi connectivity index (χ3n) is 13.0. The van der Waals surface area contributed by atoms with Gasteiger partial charge >= 0.3 is 35.5 Å². The molecule has 0 unspecified atom stereocenters. The van der Waals surface area contributed by atoms with Gasteiger partial charge in [0.15, 0.2) is 11.6 Å². The van der Waals surface area contributed by atoms with Crippen molar-refractivity contribution in [3.8, 4) is 0 Å². The number of aliphatic hydroxyl groups is 3. The number of hydrogen-bond acceptors (Lipinski definition) is 10. The summed E-state index contributed by atoms with van der Waals surface area (Å²) in [4.78, 5) is 11.8. The summed E-state index contributed by atoms with van der Waals surface area (Å²) in [5.74, 6) is -4.52. The van der Waals surface area contributed by atoms with Crippen molar-refractivity contribution in [3.05, 3.63) is 0 Å². The van der Waals surface area contributed by atoms with Gasteiger partial charge in [0.05, 0.1) is 66.5 Å². The van der Waals surface area contributed by atoms with E-state index in [0.29, 0.717) is 19.3 Å². The molecule has 0 saturated carbocycles. The first-order chi connectivity index (χ1) is 22.0. The van der Waals surface area contributed by atoms with E-state index in [0.717, 1.165) is 32.1 Å². The van der Waals surface area contributed by atoms with Crippen LogP contribution in [0.3, 0.4) is 0 Å². The predicted octanol–water partition coefficient (Wildman–Crippen LogP) is 3.62. The molecule has 5 aliphatic heterocycles. The van der Waals surface area contributed by atoms with Gasteiger partial charge in [0.25, 0.3) is 0 Å². The van der Waals surface area contributed by atoms with Crippen LogP contribution in [0.2, 0.25) is 0 Å². The van der Waals surface area contributed by atoms with Gasteiger partial charge in [-0.25, -0.2) is 0 Å². The van der Waals surface area contributed by atoms with Crippen LogP contribution in [0.1, 0.15) is 107 Å². The number of hydrogen-bond donors (Lipinski definition) is 4. The molecule has 0 bridgehead atoms. The number of methoxy groups -OCH3 is 1. The van der Waals surface area contributed by atoms with Gasteiger partial charge in [-0.3, -0.25) is 4.79 Å². The average molecular weight is 695 g/mol.